The number of azide groups is 1. The lowest BCUT2D eigenvalue weighted by molar-refractivity contribution is -0.156. The number of likely N-dealkylation sites (tertiary alicyclic amines) is 1. The third-order valence-corrected chi connectivity index (χ3v) is 6.09. The molecule has 0 radical (unpaired) electrons. The van der Waals surface area contributed by atoms with E-state index in [1.165, 1.54) is 4.57 Å². The molecule has 1 saturated heterocycles. The number of nitrogens with one attached hydrogen (secondary N) is 1. The van der Waals surface area contributed by atoms with E-state index in [0.717, 1.165) is 5.56 Å². The molecule has 1 aromatic heterocycles. The Morgan fingerprint density at radius 3 is 2.41 bits per heavy atom. The van der Waals surface area contributed by atoms with Crippen LogP contribution >= 0.6 is 0 Å². The Hall–Kier alpha value is -3.69. The Morgan fingerprint density at radius 1 is 1.16 bits per heavy atom. The lowest BCUT2D eigenvalue weighted by Crippen LogP contribution is -2.39. The van der Waals surface area contributed by atoms with Gasteiger partial charge in [0.15, 0.2) is 0 Å². The molecule has 37 heavy (non-hydrogen) atoms. The highest BCUT2D eigenvalue weighted by atomic mass is 16.6. The highest BCUT2D eigenvalue weighted by molar-refractivity contribution is 6.03. The number of ether oxygens (including phenoxy) is 1. The van der Waals surface area contributed by atoms with Crippen LogP contribution in [0.5, 0.6) is 0 Å². The fourth-order valence-corrected chi connectivity index (χ4v) is 4.28. The van der Waals surface area contributed by atoms with E-state index in [9.17, 15) is 14.4 Å². The van der Waals surface area contributed by atoms with E-state index >= 15 is 0 Å². The van der Waals surface area contributed by atoms with Gasteiger partial charge in [-0.25, -0.2) is 4.79 Å². The molecule has 1 aliphatic heterocycles. The minimum atomic E-state index is -0.619. The second kappa shape index (κ2) is 11.1. The predicted molar refractivity (Wildman–Crippen MR) is 140 cm³/mol. The molecule has 11 nitrogen and oxygen atoms in total. The van der Waals surface area contributed by atoms with Crippen molar-refractivity contribution in [3.63, 3.8) is 0 Å². The molecule has 1 N–H and O–H groups in total. The first kappa shape index (κ1) is 27.9. The average molecular weight is 510 g/mol. The number of esters is 1. The van der Waals surface area contributed by atoms with Gasteiger partial charge in [0.25, 0.3) is 5.91 Å². The largest absolute Gasteiger partial charge is 0.459 e. The fourth-order valence-electron chi connectivity index (χ4n) is 4.28. The number of benzene rings is 1. The average Bonchev–Trinajstić information content (AvgIpc) is 3.17. The number of carbonyl (C=O) groups excluding carboxylic acids is 2. The molecule has 0 saturated carbocycles. The highest BCUT2D eigenvalue weighted by Crippen LogP contribution is 2.27. The summed E-state index contributed by atoms with van der Waals surface area (Å²) in [5.41, 5.74) is 9.17. The van der Waals surface area contributed by atoms with Crippen molar-refractivity contribution in [1.29, 1.82) is 0 Å². The number of amides is 1. The van der Waals surface area contributed by atoms with Gasteiger partial charge in [0.1, 0.15) is 11.4 Å². The third-order valence-electron chi connectivity index (χ3n) is 6.09. The zero-order valence-corrected chi connectivity index (χ0v) is 22.3. The van der Waals surface area contributed by atoms with E-state index in [1.807, 2.05) is 17.0 Å². The summed E-state index contributed by atoms with van der Waals surface area (Å²) < 4.78 is 6.90. The number of aromatic nitrogens is 2. The van der Waals surface area contributed by atoms with Crippen LogP contribution in [0.25, 0.3) is 10.4 Å². The number of hydrogen-bond donors (Lipinski definition) is 1. The summed E-state index contributed by atoms with van der Waals surface area (Å²) in [6.45, 7) is 12.2. The molecule has 1 fully saturated rings. The molecule has 0 bridgehead atoms. The summed E-state index contributed by atoms with van der Waals surface area (Å²) >= 11 is 0. The molecule has 0 aliphatic carbocycles. The monoisotopic (exact) mass is 509 g/mol. The van der Waals surface area contributed by atoms with Crippen LogP contribution in [0.15, 0.2) is 46.4 Å². The second-order valence-electron chi connectivity index (χ2n) is 11.3. The van der Waals surface area contributed by atoms with Gasteiger partial charge in [0.2, 0.25) is 0 Å². The summed E-state index contributed by atoms with van der Waals surface area (Å²) in [4.78, 5) is 46.6. The van der Waals surface area contributed by atoms with Crippen molar-refractivity contribution < 1.29 is 14.3 Å². The molecule has 2 aromatic rings. The zero-order valence-electron chi connectivity index (χ0n) is 22.3. The number of nitrogens with zero attached hydrogens (tertiary/aromatic N) is 6. The number of hydrogen-bond acceptors (Lipinski definition) is 7. The Balaban J connectivity index is 1.71. The van der Waals surface area contributed by atoms with Gasteiger partial charge in [-0.1, -0.05) is 38.0 Å². The molecular weight excluding hydrogens is 474 g/mol. The SMILES string of the molecule is CC(C)(C)OC(=O)CN1C[C@H](n2ccc(NC(=O)c3ccc(C(C)(C)C)cc3)nc2=O)C[C@@H]1CN=[N+]=[N-]. The molecule has 3 rings (SSSR count). The first-order chi connectivity index (χ1) is 17.3. The molecule has 0 unspecified atom stereocenters. The van der Waals surface area contributed by atoms with Gasteiger partial charge < -0.3 is 10.1 Å². The number of rotatable bonds is 7. The number of carbonyl (C=O) groups is 2. The van der Waals surface area contributed by atoms with Crippen LogP contribution < -0.4 is 11.0 Å². The van der Waals surface area contributed by atoms with Gasteiger partial charge in [-0.3, -0.25) is 19.1 Å². The fraction of sp³-hybridized carbons (Fsp3) is 0.538. The smallest absolute Gasteiger partial charge is 0.349 e. The van der Waals surface area contributed by atoms with Crippen LogP contribution in [-0.2, 0) is 14.9 Å². The van der Waals surface area contributed by atoms with Crippen molar-refractivity contribution in [3.05, 3.63) is 68.6 Å². The molecule has 2 atom stereocenters. The first-order valence-electron chi connectivity index (χ1n) is 12.2. The van der Waals surface area contributed by atoms with E-state index in [0.29, 0.717) is 18.5 Å². The minimum absolute atomic E-state index is 0.0176. The molecule has 0 spiro atoms. The molecule has 1 aliphatic rings. The van der Waals surface area contributed by atoms with E-state index in [-0.39, 0.29) is 42.3 Å². The summed E-state index contributed by atoms with van der Waals surface area (Å²) in [6, 6.07) is 8.39. The quantitative estimate of drug-likeness (QED) is 0.258. The normalized spacial score (nSPS) is 18.2. The van der Waals surface area contributed by atoms with Crippen molar-refractivity contribution in [2.45, 2.75) is 71.1 Å². The van der Waals surface area contributed by atoms with Gasteiger partial charge in [0.05, 0.1) is 12.6 Å². The summed E-state index contributed by atoms with van der Waals surface area (Å²) in [6.07, 6.45) is 2.08. The first-order valence-corrected chi connectivity index (χ1v) is 12.2. The molecule has 1 amide bonds. The van der Waals surface area contributed by atoms with Crippen LogP contribution in [0, 0.1) is 0 Å². The van der Waals surface area contributed by atoms with Crippen molar-refractivity contribution in [2.24, 2.45) is 5.11 Å². The van der Waals surface area contributed by atoms with Gasteiger partial charge in [-0.05, 0) is 61.9 Å². The van der Waals surface area contributed by atoms with E-state index in [4.69, 9.17) is 10.3 Å². The predicted octanol–water partition coefficient (Wildman–Crippen LogP) is 4.06. The lowest BCUT2D eigenvalue weighted by atomic mass is 9.87. The molecule has 11 heteroatoms. The Morgan fingerprint density at radius 2 is 1.84 bits per heavy atom. The Kier molecular flexibility index (Phi) is 8.40. The summed E-state index contributed by atoms with van der Waals surface area (Å²) in [5.74, 6) is -0.595. The van der Waals surface area contributed by atoms with Crippen molar-refractivity contribution in [2.75, 3.05) is 25.0 Å². The summed E-state index contributed by atoms with van der Waals surface area (Å²) in [5, 5.41) is 6.35. The third kappa shape index (κ3) is 7.65. The van der Waals surface area contributed by atoms with Crippen LogP contribution in [0.1, 0.15) is 69.9 Å². The summed E-state index contributed by atoms with van der Waals surface area (Å²) in [7, 11) is 0. The molecule has 1 aromatic carbocycles. The van der Waals surface area contributed by atoms with Crippen molar-refractivity contribution in [1.82, 2.24) is 14.5 Å². The van der Waals surface area contributed by atoms with Gasteiger partial charge >= 0.3 is 11.7 Å². The second-order valence-corrected chi connectivity index (χ2v) is 11.3. The minimum Gasteiger partial charge on any atom is -0.459 e. The molecule has 198 valence electrons. The molecule has 2 heterocycles. The van der Waals surface area contributed by atoms with Crippen LogP contribution in [0.4, 0.5) is 5.82 Å². The van der Waals surface area contributed by atoms with Crippen molar-refractivity contribution >= 4 is 17.7 Å². The lowest BCUT2D eigenvalue weighted by Gasteiger charge is -2.25. The molecular formula is C26H35N7O4. The maximum Gasteiger partial charge on any atom is 0.349 e. The van der Waals surface area contributed by atoms with E-state index in [1.54, 1.807) is 45.2 Å². The zero-order chi connectivity index (χ0) is 27.4. The highest BCUT2D eigenvalue weighted by Gasteiger charge is 2.35. The maximum atomic E-state index is 12.8. The van der Waals surface area contributed by atoms with Gasteiger partial charge in [-0.2, -0.15) is 4.98 Å². The Bertz CT molecular complexity index is 1240. The maximum absolute atomic E-state index is 12.8. The van der Waals surface area contributed by atoms with Crippen molar-refractivity contribution in [3.8, 4) is 0 Å². The number of anilines is 1. The van der Waals surface area contributed by atoms with Crippen LogP contribution in [-0.4, -0.2) is 57.6 Å². The van der Waals surface area contributed by atoms with Crippen LogP contribution in [0.2, 0.25) is 0 Å². The topological polar surface area (TPSA) is 142 Å². The standard InChI is InChI=1S/C26H35N7O4/c1-25(2,3)18-9-7-17(8-10-18)23(35)29-21-11-12-33(24(36)30-21)20-13-19(14-28-31-27)32(15-20)16-22(34)37-26(4,5)6/h7-12,19-20H,13-16H2,1-6H3,(H,29,30,35,36)/t19-,20-/m1/s1. The van der Waals surface area contributed by atoms with Crippen LogP contribution in [0.3, 0.4) is 0 Å². The van der Waals surface area contributed by atoms with Gasteiger partial charge in [-0.15, -0.1) is 0 Å². The van der Waals surface area contributed by atoms with E-state index < -0.39 is 17.3 Å². The Labute approximate surface area is 216 Å². The van der Waals surface area contributed by atoms with Gasteiger partial charge in [0, 0.05) is 35.8 Å². The van der Waals surface area contributed by atoms with E-state index in [2.05, 4.69) is 41.1 Å².